The van der Waals surface area contributed by atoms with Gasteiger partial charge in [-0.2, -0.15) is 4.98 Å². The zero-order valence-electron chi connectivity index (χ0n) is 12.4. The summed E-state index contributed by atoms with van der Waals surface area (Å²) in [4.78, 5) is 8.51. The van der Waals surface area contributed by atoms with Crippen molar-refractivity contribution < 1.29 is 13.5 Å². The van der Waals surface area contributed by atoms with Crippen molar-refractivity contribution in [2.75, 3.05) is 5.73 Å². The fraction of sp³-hybridized carbons (Fsp3) is 0. The van der Waals surface area contributed by atoms with Crippen LogP contribution in [0.1, 0.15) is 0 Å². The van der Waals surface area contributed by atoms with Gasteiger partial charge in [0.1, 0.15) is 11.6 Å². The van der Waals surface area contributed by atoms with Crippen LogP contribution in [0.4, 0.5) is 10.1 Å². The predicted molar refractivity (Wildman–Crippen MR) is 88.1 cm³/mol. The molecule has 0 spiro atoms. The summed E-state index contributed by atoms with van der Waals surface area (Å²) >= 11 is 0. The molecule has 0 saturated heterocycles. The fourth-order valence-electron chi connectivity index (χ4n) is 2.27. The summed E-state index contributed by atoms with van der Waals surface area (Å²) < 4.78 is 24.7. The molecular weight excluding hydrogens is 309 g/mol. The highest BCUT2D eigenvalue weighted by atomic mass is 19.1. The van der Waals surface area contributed by atoms with Crippen LogP contribution in [0, 0.1) is 5.82 Å². The Bertz CT molecular complexity index is 995. The molecule has 2 aromatic carbocycles. The third-order valence-corrected chi connectivity index (χ3v) is 3.45. The molecule has 5 nitrogen and oxygen atoms in total. The van der Waals surface area contributed by atoms with Crippen molar-refractivity contribution in [1.29, 1.82) is 0 Å². The lowest BCUT2D eigenvalue weighted by Crippen LogP contribution is -1.87. The first-order valence-corrected chi connectivity index (χ1v) is 7.24. The van der Waals surface area contributed by atoms with E-state index in [1.807, 2.05) is 0 Å². The number of benzene rings is 2. The van der Waals surface area contributed by atoms with Crippen LogP contribution >= 0.6 is 0 Å². The Morgan fingerprint density at radius 2 is 1.71 bits per heavy atom. The molecule has 6 heteroatoms. The average molecular weight is 321 g/mol. The SMILES string of the molecule is Nc1ccc(Oc2ccnc3nc(-c4ccc(F)cc4)oc23)cc1. The topological polar surface area (TPSA) is 74.2 Å². The number of oxazole rings is 1. The summed E-state index contributed by atoms with van der Waals surface area (Å²) in [6.45, 7) is 0. The van der Waals surface area contributed by atoms with E-state index < -0.39 is 0 Å². The molecule has 118 valence electrons. The summed E-state index contributed by atoms with van der Waals surface area (Å²) in [6, 6.07) is 14.6. The Morgan fingerprint density at radius 3 is 2.46 bits per heavy atom. The predicted octanol–water partition coefficient (Wildman–Crippen LogP) is 4.40. The van der Waals surface area contributed by atoms with Crippen LogP contribution in [0.3, 0.4) is 0 Å². The van der Waals surface area contributed by atoms with Gasteiger partial charge < -0.3 is 14.9 Å². The van der Waals surface area contributed by atoms with E-state index in [1.54, 1.807) is 48.7 Å². The summed E-state index contributed by atoms with van der Waals surface area (Å²) in [6.07, 6.45) is 1.59. The highest BCUT2D eigenvalue weighted by molar-refractivity contribution is 5.78. The molecule has 0 aliphatic rings. The van der Waals surface area contributed by atoms with Gasteiger partial charge in [-0.15, -0.1) is 0 Å². The fourth-order valence-corrected chi connectivity index (χ4v) is 2.27. The molecule has 0 atom stereocenters. The van der Waals surface area contributed by atoms with E-state index in [4.69, 9.17) is 14.9 Å². The summed E-state index contributed by atoms with van der Waals surface area (Å²) in [5, 5.41) is 0. The van der Waals surface area contributed by atoms with Crippen molar-refractivity contribution in [3.8, 4) is 23.0 Å². The van der Waals surface area contributed by atoms with Crippen molar-refractivity contribution in [3.05, 3.63) is 66.6 Å². The largest absolute Gasteiger partial charge is 0.453 e. The molecule has 2 aromatic heterocycles. The Balaban J connectivity index is 1.74. The highest BCUT2D eigenvalue weighted by Crippen LogP contribution is 2.32. The monoisotopic (exact) mass is 321 g/mol. The van der Waals surface area contributed by atoms with Crippen LogP contribution in [0.2, 0.25) is 0 Å². The molecule has 0 unspecified atom stereocenters. The smallest absolute Gasteiger partial charge is 0.229 e. The van der Waals surface area contributed by atoms with Gasteiger partial charge in [-0.1, -0.05) is 0 Å². The van der Waals surface area contributed by atoms with E-state index in [2.05, 4.69) is 9.97 Å². The van der Waals surface area contributed by atoms with Crippen LogP contribution in [0.15, 0.2) is 65.2 Å². The van der Waals surface area contributed by atoms with Crippen LogP contribution in [-0.4, -0.2) is 9.97 Å². The second-order valence-corrected chi connectivity index (χ2v) is 5.16. The molecule has 4 aromatic rings. The molecular formula is C18H12FN3O2. The van der Waals surface area contributed by atoms with Gasteiger partial charge in [0.15, 0.2) is 5.75 Å². The van der Waals surface area contributed by atoms with Crippen molar-refractivity contribution in [1.82, 2.24) is 9.97 Å². The van der Waals surface area contributed by atoms with E-state index in [0.717, 1.165) is 0 Å². The third kappa shape index (κ3) is 2.65. The number of hydrogen-bond donors (Lipinski definition) is 1. The van der Waals surface area contributed by atoms with Gasteiger partial charge in [-0.25, -0.2) is 9.37 Å². The maximum Gasteiger partial charge on any atom is 0.229 e. The van der Waals surface area contributed by atoms with E-state index >= 15 is 0 Å². The normalized spacial score (nSPS) is 10.9. The Labute approximate surface area is 136 Å². The van der Waals surface area contributed by atoms with Crippen LogP contribution in [-0.2, 0) is 0 Å². The first-order valence-electron chi connectivity index (χ1n) is 7.24. The van der Waals surface area contributed by atoms with E-state index in [9.17, 15) is 4.39 Å². The van der Waals surface area contributed by atoms with E-state index in [-0.39, 0.29) is 5.82 Å². The maximum atomic E-state index is 13.0. The molecule has 0 amide bonds. The van der Waals surface area contributed by atoms with E-state index in [1.165, 1.54) is 12.1 Å². The van der Waals surface area contributed by atoms with Crippen molar-refractivity contribution in [2.24, 2.45) is 0 Å². The number of hydrogen-bond acceptors (Lipinski definition) is 5. The standard InChI is InChI=1S/C18H12FN3O2/c19-12-3-1-11(2-4-12)18-22-17-16(24-18)15(9-10-21-17)23-14-7-5-13(20)6-8-14/h1-10H,20H2. The minimum Gasteiger partial charge on any atom is -0.453 e. The average Bonchev–Trinajstić information content (AvgIpc) is 3.03. The lowest BCUT2D eigenvalue weighted by Gasteiger charge is -2.05. The van der Waals surface area contributed by atoms with Crippen LogP contribution < -0.4 is 10.5 Å². The number of pyridine rings is 1. The van der Waals surface area contributed by atoms with Gasteiger partial charge in [0.05, 0.1) is 0 Å². The summed E-state index contributed by atoms with van der Waals surface area (Å²) in [5.74, 6) is 1.15. The number of nitrogens with zero attached hydrogens (tertiary/aromatic N) is 2. The second-order valence-electron chi connectivity index (χ2n) is 5.16. The van der Waals surface area contributed by atoms with Gasteiger partial charge in [0.2, 0.25) is 17.1 Å². The molecule has 0 saturated carbocycles. The first kappa shape index (κ1) is 14.2. The Kier molecular flexibility index (Phi) is 3.35. The number of aromatic nitrogens is 2. The van der Waals surface area contributed by atoms with Gasteiger partial charge >= 0.3 is 0 Å². The molecule has 0 fully saturated rings. The summed E-state index contributed by atoms with van der Waals surface area (Å²) in [5.41, 5.74) is 7.82. The molecule has 0 radical (unpaired) electrons. The van der Waals surface area contributed by atoms with Gasteiger partial charge in [-0.05, 0) is 48.5 Å². The zero-order chi connectivity index (χ0) is 16.5. The number of halogens is 1. The van der Waals surface area contributed by atoms with Gasteiger partial charge in [-0.3, -0.25) is 0 Å². The third-order valence-electron chi connectivity index (χ3n) is 3.45. The Hall–Kier alpha value is -3.41. The zero-order valence-corrected chi connectivity index (χ0v) is 12.4. The minimum absolute atomic E-state index is 0.319. The molecule has 0 aliphatic heterocycles. The molecule has 0 aliphatic carbocycles. The number of nitrogens with two attached hydrogens (primary N) is 1. The number of ether oxygens (including phenoxy) is 1. The van der Waals surface area contributed by atoms with E-state index in [0.29, 0.717) is 39.9 Å². The second kappa shape index (κ2) is 5.66. The molecule has 24 heavy (non-hydrogen) atoms. The Morgan fingerprint density at radius 1 is 0.958 bits per heavy atom. The first-order chi connectivity index (χ1) is 11.7. The molecule has 2 N–H and O–H groups in total. The van der Waals surface area contributed by atoms with Crippen molar-refractivity contribution in [3.63, 3.8) is 0 Å². The number of nitrogen functional groups attached to an aromatic ring is 1. The maximum absolute atomic E-state index is 13.0. The van der Waals surface area contributed by atoms with Crippen LogP contribution in [0.5, 0.6) is 11.5 Å². The number of anilines is 1. The highest BCUT2D eigenvalue weighted by Gasteiger charge is 2.14. The van der Waals surface area contributed by atoms with Crippen LogP contribution in [0.25, 0.3) is 22.7 Å². The van der Waals surface area contributed by atoms with Gasteiger partial charge in [0.25, 0.3) is 0 Å². The number of rotatable bonds is 3. The molecule has 0 bridgehead atoms. The van der Waals surface area contributed by atoms with Crippen molar-refractivity contribution >= 4 is 16.9 Å². The molecule has 4 rings (SSSR count). The van der Waals surface area contributed by atoms with Crippen molar-refractivity contribution in [2.45, 2.75) is 0 Å². The summed E-state index contributed by atoms with van der Waals surface area (Å²) in [7, 11) is 0. The lowest BCUT2D eigenvalue weighted by molar-refractivity contribution is 0.473. The minimum atomic E-state index is -0.319. The van der Waals surface area contributed by atoms with Gasteiger partial charge in [0, 0.05) is 23.5 Å². The quantitative estimate of drug-likeness (QED) is 0.566. The lowest BCUT2D eigenvalue weighted by atomic mass is 10.2. The number of fused-ring (bicyclic) bond motifs is 1. The molecule has 2 heterocycles.